The molecule has 0 unspecified atom stereocenters. The van der Waals surface area contributed by atoms with Crippen LogP contribution in [0.5, 0.6) is 11.5 Å². The van der Waals surface area contributed by atoms with Gasteiger partial charge in [-0.15, -0.1) is 0 Å². The van der Waals surface area contributed by atoms with Gasteiger partial charge in [-0.1, -0.05) is 12.1 Å². The molecule has 0 aliphatic carbocycles. The number of rotatable bonds is 7. The van der Waals surface area contributed by atoms with Crippen LogP contribution >= 0.6 is 0 Å². The summed E-state index contributed by atoms with van der Waals surface area (Å²) in [4.78, 5) is 32.4. The Hall–Kier alpha value is -3.69. The second kappa shape index (κ2) is 7.73. The Labute approximate surface area is 141 Å². The van der Waals surface area contributed by atoms with Crippen LogP contribution in [-0.2, 0) is 4.79 Å². The number of para-hydroxylation sites is 2. The van der Waals surface area contributed by atoms with E-state index < -0.39 is 22.4 Å². The highest BCUT2D eigenvalue weighted by Crippen LogP contribution is 2.29. The van der Waals surface area contributed by atoms with Gasteiger partial charge in [-0.05, 0) is 12.1 Å². The normalized spacial score (nSPS) is 9.96. The third-order valence-electron chi connectivity index (χ3n) is 3.09. The van der Waals surface area contributed by atoms with E-state index in [1.807, 2.05) is 0 Å². The molecule has 1 amide bonds. The maximum Gasteiger partial charge on any atom is 0.310 e. The summed E-state index contributed by atoms with van der Waals surface area (Å²) in [5, 5.41) is 24.1. The fourth-order valence-corrected chi connectivity index (χ4v) is 1.97. The van der Waals surface area contributed by atoms with E-state index >= 15 is 0 Å². The van der Waals surface area contributed by atoms with Crippen molar-refractivity contribution in [1.82, 2.24) is 0 Å². The number of nitro groups is 2. The molecule has 0 saturated carbocycles. The number of anilines is 1. The quantitative estimate of drug-likeness (QED) is 0.600. The Morgan fingerprint density at radius 1 is 1.08 bits per heavy atom. The molecule has 130 valence electrons. The SMILES string of the molecule is COc1ccc([N+](=O)[O-])cc1NC(=O)COc1ccccc1[N+](=O)[O-]. The van der Waals surface area contributed by atoms with Gasteiger partial charge in [0.15, 0.2) is 12.4 Å². The number of hydrogen-bond donors (Lipinski definition) is 1. The van der Waals surface area contributed by atoms with Crippen LogP contribution in [0.25, 0.3) is 0 Å². The number of non-ortho nitro benzene ring substituents is 1. The van der Waals surface area contributed by atoms with Crippen molar-refractivity contribution >= 4 is 23.0 Å². The minimum atomic E-state index is -0.656. The van der Waals surface area contributed by atoms with Crippen molar-refractivity contribution in [3.63, 3.8) is 0 Å². The highest BCUT2D eigenvalue weighted by atomic mass is 16.6. The van der Waals surface area contributed by atoms with E-state index in [0.29, 0.717) is 0 Å². The van der Waals surface area contributed by atoms with E-state index in [9.17, 15) is 25.0 Å². The summed E-state index contributed by atoms with van der Waals surface area (Å²) in [6.45, 7) is -0.517. The van der Waals surface area contributed by atoms with Gasteiger partial charge in [-0.3, -0.25) is 25.0 Å². The van der Waals surface area contributed by atoms with Gasteiger partial charge in [-0.25, -0.2) is 0 Å². The third-order valence-corrected chi connectivity index (χ3v) is 3.09. The van der Waals surface area contributed by atoms with E-state index in [-0.39, 0.29) is 28.6 Å². The molecule has 0 saturated heterocycles. The van der Waals surface area contributed by atoms with Gasteiger partial charge < -0.3 is 14.8 Å². The molecule has 0 spiro atoms. The largest absolute Gasteiger partial charge is 0.495 e. The first-order chi connectivity index (χ1) is 11.9. The summed E-state index contributed by atoms with van der Waals surface area (Å²) in [5.41, 5.74) is -0.410. The van der Waals surface area contributed by atoms with Crippen LogP contribution in [0.2, 0.25) is 0 Å². The fourth-order valence-electron chi connectivity index (χ4n) is 1.97. The summed E-state index contributed by atoms with van der Waals surface area (Å²) in [5.74, 6) is -0.491. The topological polar surface area (TPSA) is 134 Å². The summed E-state index contributed by atoms with van der Waals surface area (Å²) in [7, 11) is 1.35. The lowest BCUT2D eigenvalue weighted by Crippen LogP contribution is -2.20. The van der Waals surface area contributed by atoms with Crippen LogP contribution in [-0.4, -0.2) is 29.5 Å². The van der Waals surface area contributed by atoms with Crippen LogP contribution in [0.4, 0.5) is 17.1 Å². The molecule has 0 aliphatic rings. The first-order valence-electron chi connectivity index (χ1n) is 6.91. The summed E-state index contributed by atoms with van der Waals surface area (Å²) < 4.78 is 10.2. The molecule has 1 N–H and O–H groups in total. The molecule has 10 nitrogen and oxygen atoms in total. The van der Waals surface area contributed by atoms with Crippen molar-refractivity contribution in [3.8, 4) is 11.5 Å². The number of carbonyl (C=O) groups excluding carboxylic acids is 1. The highest BCUT2D eigenvalue weighted by molar-refractivity contribution is 5.93. The van der Waals surface area contributed by atoms with Gasteiger partial charge in [0.1, 0.15) is 5.75 Å². The molecule has 2 aromatic carbocycles. The highest BCUT2D eigenvalue weighted by Gasteiger charge is 2.17. The molecule has 0 atom stereocenters. The lowest BCUT2D eigenvalue weighted by Gasteiger charge is -2.10. The summed E-state index contributed by atoms with van der Waals surface area (Å²) >= 11 is 0. The van der Waals surface area contributed by atoms with Crippen molar-refractivity contribution in [2.45, 2.75) is 0 Å². The zero-order valence-corrected chi connectivity index (χ0v) is 13.0. The number of carbonyl (C=O) groups is 1. The molecule has 0 radical (unpaired) electrons. The van der Waals surface area contributed by atoms with Crippen LogP contribution in [0.3, 0.4) is 0 Å². The summed E-state index contributed by atoms with van der Waals surface area (Å²) in [6, 6.07) is 9.33. The summed E-state index contributed by atoms with van der Waals surface area (Å²) in [6.07, 6.45) is 0. The first kappa shape index (κ1) is 17.7. The number of benzene rings is 2. The monoisotopic (exact) mass is 347 g/mol. The van der Waals surface area contributed by atoms with Gasteiger partial charge in [0, 0.05) is 18.2 Å². The number of amides is 1. The zero-order chi connectivity index (χ0) is 18.4. The Balaban J connectivity index is 2.09. The van der Waals surface area contributed by atoms with Crippen LogP contribution in [0.15, 0.2) is 42.5 Å². The van der Waals surface area contributed by atoms with E-state index in [4.69, 9.17) is 9.47 Å². The van der Waals surface area contributed by atoms with Crippen LogP contribution in [0, 0.1) is 20.2 Å². The second-order valence-electron chi connectivity index (χ2n) is 4.70. The molecular formula is C15H13N3O7. The Kier molecular flexibility index (Phi) is 5.46. The second-order valence-corrected chi connectivity index (χ2v) is 4.70. The van der Waals surface area contributed by atoms with Gasteiger partial charge in [-0.2, -0.15) is 0 Å². The molecule has 0 bridgehead atoms. The lowest BCUT2D eigenvalue weighted by atomic mass is 10.2. The maximum atomic E-state index is 12.0. The zero-order valence-electron chi connectivity index (χ0n) is 13.0. The molecule has 0 aliphatic heterocycles. The van der Waals surface area contributed by atoms with Gasteiger partial charge in [0.05, 0.1) is 22.6 Å². The number of ether oxygens (including phenoxy) is 2. The number of nitrogens with zero attached hydrogens (tertiary/aromatic N) is 2. The molecule has 25 heavy (non-hydrogen) atoms. The molecule has 2 aromatic rings. The Bertz CT molecular complexity index is 823. The van der Waals surface area contributed by atoms with E-state index in [2.05, 4.69) is 5.32 Å². The van der Waals surface area contributed by atoms with Gasteiger partial charge in [0.2, 0.25) is 0 Å². The van der Waals surface area contributed by atoms with Crippen LogP contribution < -0.4 is 14.8 Å². The molecule has 0 fully saturated rings. The van der Waals surface area contributed by atoms with Crippen molar-refractivity contribution in [3.05, 3.63) is 62.7 Å². The maximum absolute atomic E-state index is 12.0. The first-order valence-corrected chi connectivity index (χ1v) is 6.91. The van der Waals surface area contributed by atoms with Crippen LogP contribution in [0.1, 0.15) is 0 Å². The van der Waals surface area contributed by atoms with Crippen molar-refractivity contribution in [2.75, 3.05) is 19.0 Å². The average Bonchev–Trinajstić information content (AvgIpc) is 2.60. The van der Waals surface area contributed by atoms with Gasteiger partial charge in [0.25, 0.3) is 11.6 Å². The predicted octanol–water partition coefficient (Wildman–Crippen LogP) is 2.53. The molecular weight excluding hydrogens is 334 g/mol. The number of methoxy groups -OCH3 is 1. The smallest absolute Gasteiger partial charge is 0.310 e. The molecule has 2 rings (SSSR count). The minimum Gasteiger partial charge on any atom is -0.495 e. The van der Waals surface area contributed by atoms with E-state index in [0.717, 1.165) is 6.07 Å². The average molecular weight is 347 g/mol. The standard InChI is InChI=1S/C15H13N3O7/c1-24-13-7-6-10(17(20)21)8-11(13)16-15(19)9-25-14-5-3-2-4-12(14)18(22)23/h2-8H,9H2,1H3,(H,16,19). The van der Waals surface area contributed by atoms with Crippen molar-refractivity contribution in [1.29, 1.82) is 0 Å². The number of nitro benzene ring substituents is 2. The Morgan fingerprint density at radius 2 is 1.80 bits per heavy atom. The lowest BCUT2D eigenvalue weighted by molar-refractivity contribution is -0.385. The third kappa shape index (κ3) is 4.41. The predicted molar refractivity (Wildman–Crippen MR) is 86.9 cm³/mol. The van der Waals surface area contributed by atoms with Crippen molar-refractivity contribution in [2.24, 2.45) is 0 Å². The molecule has 10 heteroatoms. The van der Waals surface area contributed by atoms with E-state index in [1.54, 1.807) is 0 Å². The van der Waals surface area contributed by atoms with Crippen molar-refractivity contribution < 1.29 is 24.1 Å². The Morgan fingerprint density at radius 3 is 2.44 bits per heavy atom. The minimum absolute atomic E-state index is 0.0614. The number of hydrogen-bond acceptors (Lipinski definition) is 7. The fraction of sp³-hybridized carbons (Fsp3) is 0.133. The molecule has 0 aromatic heterocycles. The molecule has 0 heterocycles. The van der Waals surface area contributed by atoms with E-state index in [1.165, 1.54) is 43.5 Å². The number of nitrogens with one attached hydrogen (secondary N) is 1. The van der Waals surface area contributed by atoms with Gasteiger partial charge >= 0.3 is 5.69 Å².